The lowest BCUT2D eigenvalue weighted by molar-refractivity contribution is 0.0280. The number of hydrogen-bond acceptors (Lipinski definition) is 3. The Morgan fingerprint density at radius 2 is 1.37 bits per heavy atom. The van der Waals surface area contributed by atoms with Gasteiger partial charge in [-0.15, -0.1) is 0 Å². The highest BCUT2D eigenvalue weighted by atomic mass is 16.5. The van der Waals surface area contributed by atoms with Gasteiger partial charge in [0, 0.05) is 11.1 Å². The Bertz CT molecular complexity index is 1230. The van der Waals surface area contributed by atoms with E-state index in [0.717, 1.165) is 18.2 Å². The van der Waals surface area contributed by atoms with Gasteiger partial charge in [-0.25, -0.2) is 4.79 Å². The number of ether oxygens (including phenoxy) is 1. The SMILES string of the molecule is O=C(OC(C(=O)c1ccc2c3c(cccc13)CC2)c1ccccc1)c1ccccc1. The lowest BCUT2D eigenvalue weighted by Crippen LogP contribution is -2.20. The lowest BCUT2D eigenvalue weighted by Gasteiger charge is -2.19. The van der Waals surface area contributed by atoms with Crippen molar-refractivity contribution in [1.29, 1.82) is 0 Å². The van der Waals surface area contributed by atoms with Gasteiger partial charge in [-0.2, -0.15) is 0 Å². The molecule has 0 saturated carbocycles. The van der Waals surface area contributed by atoms with E-state index < -0.39 is 12.1 Å². The van der Waals surface area contributed by atoms with E-state index in [4.69, 9.17) is 4.74 Å². The van der Waals surface area contributed by atoms with Gasteiger partial charge >= 0.3 is 5.97 Å². The molecule has 0 bridgehead atoms. The fourth-order valence-electron chi connectivity index (χ4n) is 4.25. The van der Waals surface area contributed by atoms with Crippen molar-refractivity contribution in [2.24, 2.45) is 0 Å². The topological polar surface area (TPSA) is 43.4 Å². The first-order valence-electron chi connectivity index (χ1n) is 10.1. The van der Waals surface area contributed by atoms with E-state index in [-0.39, 0.29) is 5.78 Å². The van der Waals surface area contributed by atoms with E-state index in [9.17, 15) is 9.59 Å². The van der Waals surface area contributed by atoms with Crippen LogP contribution < -0.4 is 0 Å². The molecule has 0 heterocycles. The third-order valence-corrected chi connectivity index (χ3v) is 5.72. The van der Waals surface area contributed by atoms with E-state index in [1.165, 1.54) is 16.5 Å². The molecule has 0 saturated heterocycles. The smallest absolute Gasteiger partial charge is 0.339 e. The van der Waals surface area contributed by atoms with Crippen molar-refractivity contribution in [1.82, 2.24) is 0 Å². The molecule has 1 aliphatic carbocycles. The Labute approximate surface area is 174 Å². The molecule has 0 aromatic heterocycles. The summed E-state index contributed by atoms with van der Waals surface area (Å²) in [4.78, 5) is 26.5. The van der Waals surface area contributed by atoms with E-state index in [0.29, 0.717) is 16.7 Å². The molecule has 4 aromatic rings. The molecule has 0 radical (unpaired) electrons. The highest BCUT2D eigenvalue weighted by molar-refractivity contribution is 6.12. The molecule has 30 heavy (non-hydrogen) atoms. The maximum Gasteiger partial charge on any atom is 0.339 e. The van der Waals surface area contributed by atoms with Gasteiger partial charge in [-0.1, -0.05) is 78.9 Å². The molecule has 4 aromatic carbocycles. The third-order valence-electron chi connectivity index (χ3n) is 5.72. The van der Waals surface area contributed by atoms with Crippen molar-refractivity contribution in [3.8, 4) is 0 Å². The van der Waals surface area contributed by atoms with E-state index in [1.54, 1.807) is 24.3 Å². The molecule has 0 N–H and O–H groups in total. The fourth-order valence-corrected chi connectivity index (χ4v) is 4.25. The van der Waals surface area contributed by atoms with Gasteiger partial charge in [0.25, 0.3) is 0 Å². The molecule has 146 valence electrons. The summed E-state index contributed by atoms with van der Waals surface area (Å²) in [6.45, 7) is 0. The molecule has 3 heteroatoms. The van der Waals surface area contributed by atoms with Crippen LogP contribution in [0.5, 0.6) is 0 Å². The molecular weight excluding hydrogens is 372 g/mol. The minimum absolute atomic E-state index is 0.207. The van der Waals surface area contributed by atoms with Crippen molar-refractivity contribution < 1.29 is 14.3 Å². The number of aryl methyl sites for hydroxylation is 2. The minimum atomic E-state index is -1.00. The molecular formula is C27H20O3. The van der Waals surface area contributed by atoms with Crippen LogP contribution in [0.15, 0.2) is 91.0 Å². The first-order valence-corrected chi connectivity index (χ1v) is 10.1. The van der Waals surface area contributed by atoms with Gasteiger partial charge in [-0.3, -0.25) is 4.79 Å². The third kappa shape index (κ3) is 3.18. The van der Waals surface area contributed by atoms with Crippen molar-refractivity contribution >= 4 is 22.5 Å². The summed E-state index contributed by atoms with van der Waals surface area (Å²) in [5, 5.41) is 2.11. The quantitative estimate of drug-likeness (QED) is 0.322. The Hall–Kier alpha value is -3.72. The van der Waals surface area contributed by atoms with Gasteiger partial charge in [0.1, 0.15) is 0 Å². The number of esters is 1. The van der Waals surface area contributed by atoms with Crippen LogP contribution in [-0.2, 0) is 17.6 Å². The molecule has 3 nitrogen and oxygen atoms in total. The van der Waals surface area contributed by atoms with Crippen molar-refractivity contribution in [2.45, 2.75) is 18.9 Å². The molecule has 0 fully saturated rings. The normalized spacial score (nSPS) is 13.2. The highest BCUT2D eigenvalue weighted by Crippen LogP contribution is 2.35. The number of hydrogen-bond donors (Lipinski definition) is 0. The summed E-state index contributed by atoms with van der Waals surface area (Å²) in [5.41, 5.74) is 4.22. The van der Waals surface area contributed by atoms with Crippen LogP contribution in [0.3, 0.4) is 0 Å². The second-order valence-corrected chi connectivity index (χ2v) is 7.54. The molecule has 0 aliphatic heterocycles. The molecule has 5 rings (SSSR count). The number of benzene rings is 4. The summed E-state index contributed by atoms with van der Waals surface area (Å²) in [5.74, 6) is -0.718. The number of rotatable bonds is 5. The first-order chi connectivity index (χ1) is 14.7. The van der Waals surface area contributed by atoms with Crippen molar-refractivity contribution in [3.63, 3.8) is 0 Å². The Kier molecular flexibility index (Phi) is 4.64. The maximum absolute atomic E-state index is 13.7. The van der Waals surface area contributed by atoms with Crippen LogP contribution in [0.4, 0.5) is 0 Å². The van der Waals surface area contributed by atoms with Gasteiger partial charge in [0.15, 0.2) is 6.10 Å². The zero-order valence-electron chi connectivity index (χ0n) is 16.4. The second-order valence-electron chi connectivity index (χ2n) is 7.54. The molecule has 0 spiro atoms. The van der Waals surface area contributed by atoms with Crippen molar-refractivity contribution in [3.05, 3.63) is 119 Å². The van der Waals surface area contributed by atoms with E-state index in [1.807, 2.05) is 60.7 Å². The van der Waals surface area contributed by atoms with Crippen LogP contribution in [-0.4, -0.2) is 11.8 Å². The van der Waals surface area contributed by atoms with Crippen LogP contribution in [0, 0.1) is 0 Å². The lowest BCUT2D eigenvalue weighted by atomic mass is 9.93. The summed E-state index contributed by atoms with van der Waals surface area (Å²) >= 11 is 0. The monoisotopic (exact) mass is 392 g/mol. The van der Waals surface area contributed by atoms with Crippen LogP contribution in [0.1, 0.15) is 43.5 Å². The molecule has 1 atom stereocenters. The molecule has 1 aliphatic rings. The average Bonchev–Trinajstić information content (AvgIpc) is 3.23. The summed E-state index contributed by atoms with van der Waals surface area (Å²) in [7, 11) is 0. The number of ketones is 1. The van der Waals surface area contributed by atoms with Crippen molar-refractivity contribution in [2.75, 3.05) is 0 Å². The van der Waals surface area contributed by atoms with E-state index in [2.05, 4.69) is 6.07 Å². The fraction of sp³-hybridized carbons (Fsp3) is 0.111. The summed E-state index contributed by atoms with van der Waals surface area (Å²) in [6.07, 6.45) is 0.988. The predicted molar refractivity (Wildman–Crippen MR) is 117 cm³/mol. The summed E-state index contributed by atoms with van der Waals surface area (Å²) < 4.78 is 5.78. The summed E-state index contributed by atoms with van der Waals surface area (Å²) in [6, 6.07) is 28.0. The molecule has 0 amide bonds. The largest absolute Gasteiger partial charge is 0.445 e. The van der Waals surface area contributed by atoms with E-state index >= 15 is 0 Å². The zero-order chi connectivity index (χ0) is 20.5. The van der Waals surface area contributed by atoms with Gasteiger partial charge in [0.2, 0.25) is 5.78 Å². The number of Topliss-reactive ketones (excluding diaryl/α,β-unsaturated/α-hetero) is 1. The maximum atomic E-state index is 13.7. The zero-order valence-corrected chi connectivity index (χ0v) is 16.4. The van der Waals surface area contributed by atoms with Crippen LogP contribution >= 0.6 is 0 Å². The standard InChI is InChI=1S/C27H20O3/c28-25(23-17-16-19-15-14-18-12-7-13-22(23)24(18)19)26(20-8-3-1-4-9-20)30-27(29)21-10-5-2-6-11-21/h1-13,16-17,26H,14-15H2. The Balaban J connectivity index is 1.58. The number of carbonyl (C=O) groups excluding carboxylic acids is 2. The molecule has 1 unspecified atom stereocenters. The van der Waals surface area contributed by atoms with Gasteiger partial charge in [-0.05, 0) is 46.9 Å². The van der Waals surface area contributed by atoms with Crippen LogP contribution in [0.25, 0.3) is 10.8 Å². The van der Waals surface area contributed by atoms with Gasteiger partial charge in [0.05, 0.1) is 5.56 Å². The Morgan fingerprint density at radius 3 is 2.10 bits per heavy atom. The second kappa shape index (κ2) is 7.60. The number of carbonyl (C=O) groups is 2. The highest BCUT2D eigenvalue weighted by Gasteiger charge is 2.29. The van der Waals surface area contributed by atoms with Crippen LogP contribution in [0.2, 0.25) is 0 Å². The Morgan fingerprint density at radius 1 is 0.700 bits per heavy atom. The first kappa shape index (κ1) is 18.3. The van der Waals surface area contributed by atoms with Gasteiger partial charge < -0.3 is 4.74 Å². The average molecular weight is 392 g/mol. The predicted octanol–water partition coefficient (Wildman–Crippen LogP) is 5.72. The minimum Gasteiger partial charge on any atom is -0.445 e.